The lowest BCUT2D eigenvalue weighted by Crippen LogP contribution is -2.62. The molecule has 5 heteroatoms. The number of hydrogen-bond donors (Lipinski definition) is 1. The predicted molar refractivity (Wildman–Crippen MR) is 99.8 cm³/mol. The van der Waals surface area contributed by atoms with Crippen molar-refractivity contribution in [3.05, 3.63) is 46.3 Å². The molecule has 0 spiro atoms. The highest BCUT2D eigenvalue weighted by Crippen LogP contribution is 2.33. The first kappa shape index (κ1) is 16.1. The first-order valence-electron chi connectivity index (χ1n) is 8.52. The van der Waals surface area contributed by atoms with Crippen LogP contribution in [0.3, 0.4) is 0 Å². The van der Waals surface area contributed by atoms with Crippen molar-refractivity contribution in [2.24, 2.45) is 5.92 Å². The maximum atomic E-state index is 12.7. The fourth-order valence-electron chi connectivity index (χ4n) is 4.02. The number of piperidine rings is 3. The third-order valence-corrected chi connectivity index (χ3v) is 6.78. The van der Waals surface area contributed by atoms with Gasteiger partial charge in [0.2, 0.25) is 0 Å². The summed E-state index contributed by atoms with van der Waals surface area (Å²) in [5.41, 5.74) is 1.06. The fourth-order valence-corrected chi connectivity index (χ4v) is 5.12. The van der Waals surface area contributed by atoms with Gasteiger partial charge in [-0.1, -0.05) is 23.7 Å². The van der Waals surface area contributed by atoms with Gasteiger partial charge in [-0.3, -0.25) is 9.69 Å². The van der Waals surface area contributed by atoms with E-state index >= 15 is 0 Å². The Morgan fingerprint density at radius 1 is 1.25 bits per heavy atom. The second-order valence-electron chi connectivity index (χ2n) is 6.79. The van der Waals surface area contributed by atoms with Crippen LogP contribution in [-0.4, -0.2) is 36.0 Å². The van der Waals surface area contributed by atoms with Gasteiger partial charge in [0.1, 0.15) is 0 Å². The molecular formula is C19H21ClN2OS. The molecule has 4 heterocycles. The summed E-state index contributed by atoms with van der Waals surface area (Å²) in [6, 6.07) is 12.4. The Balaban J connectivity index is 1.49. The molecule has 0 saturated carbocycles. The summed E-state index contributed by atoms with van der Waals surface area (Å²) in [7, 11) is 0. The molecule has 3 nitrogen and oxygen atoms in total. The van der Waals surface area contributed by atoms with Crippen molar-refractivity contribution in [2.75, 3.05) is 13.1 Å². The number of carbonyl (C=O) groups excluding carboxylic acids is 1. The number of halogens is 1. The van der Waals surface area contributed by atoms with Gasteiger partial charge in [-0.15, -0.1) is 11.3 Å². The lowest BCUT2D eigenvalue weighted by Gasteiger charge is -2.49. The third-order valence-electron chi connectivity index (χ3n) is 5.41. The Labute approximate surface area is 151 Å². The number of amides is 1. The van der Waals surface area contributed by atoms with Crippen molar-refractivity contribution in [1.82, 2.24) is 10.2 Å². The van der Waals surface area contributed by atoms with E-state index < -0.39 is 0 Å². The van der Waals surface area contributed by atoms with Crippen molar-refractivity contribution in [1.29, 1.82) is 0 Å². The highest BCUT2D eigenvalue weighted by Gasteiger charge is 2.40. The van der Waals surface area contributed by atoms with E-state index in [0.29, 0.717) is 17.0 Å². The van der Waals surface area contributed by atoms with Crippen LogP contribution in [0.4, 0.5) is 0 Å². The summed E-state index contributed by atoms with van der Waals surface area (Å²) in [6.45, 7) is 4.59. The number of hydrogen-bond acceptors (Lipinski definition) is 3. The zero-order valence-corrected chi connectivity index (χ0v) is 15.2. The summed E-state index contributed by atoms with van der Waals surface area (Å²) in [5, 5.41) is 4.01. The molecule has 2 bridgehead atoms. The molecule has 3 fully saturated rings. The smallest absolute Gasteiger partial charge is 0.261 e. The van der Waals surface area contributed by atoms with Crippen LogP contribution in [0.2, 0.25) is 5.02 Å². The van der Waals surface area contributed by atoms with Crippen molar-refractivity contribution in [2.45, 2.75) is 31.8 Å². The Hall–Kier alpha value is -1.36. The van der Waals surface area contributed by atoms with Gasteiger partial charge in [-0.2, -0.15) is 0 Å². The zero-order valence-electron chi connectivity index (χ0n) is 13.7. The van der Waals surface area contributed by atoms with Gasteiger partial charge in [-0.05, 0) is 68.6 Å². The molecule has 1 aromatic heterocycles. The van der Waals surface area contributed by atoms with Gasteiger partial charge >= 0.3 is 0 Å². The maximum absolute atomic E-state index is 12.7. The van der Waals surface area contributed by atoms with Crippen LogP contribution in [0.1, 0.15) is 29.4 Å². The molecule has 2 atom stereocenters. The Morgan fingerprint density at radius 2 is 2.04 bits per heavy atom. The van der Waals surface area contributed by atoms with Crippen LogP contribution in [0.15, 0.2) is 36.4 Å². The Morgan fingerprint density at radius 3 is 2.75 bits per heavy atom. The lowest BCUT2D eigenvalue weighted by molar-refractivity contribution is 0.0218. The molecule has 1 aromatic carbocycles. The molecule has 3 aliphatic rings. The molecule has 2 aromatic rings. The van der Waals surface area contributed by atoms with Crippen LogP contribution in [0.25, 0.3) is 10.4 Å². The molecule has 126 valence electrons. The zero-order chi connectivity index (χ0) is 16.7. The van der Waals surface area contributed by atoms with Crippen LogP contribution in [-0.2, 0) is 0 Å². The van der Waals surface area contributed by atoms with Gasteiger partial charge < -0.3 is 5.32 Å². The van der Waals surface area contributed by atoms with Crippen LogP contribution < -0.4 is 5.32 Å². The largest absolute Gasteiger partial charge is 0.347 e. The van der Waals surface area contributed by atoms with E-state index in [4.69, 9.17) is 11.6 Å². The molecule has 0 unspecified atom stereocenters. The summed E-state index contributed by atoms with van der Waals surface area (Å²) < 4.78 is 0. The molecule has 0 aliphatic carbocycles. The summed E-state index contributed by atoms with van der Waals surface area (Å²) in [6.07, 6.45) is 2.40. The number of fused-ring (bicyclic) bond motifs is 3. The Bertz CT molecular complexity index is 749. The van der Waals surface area contributed by atoms with Crippen molar-refractivity contribution < 1.29 is 4.79 Å². The minimum atomic E-state index is 0.0545. The lowest BCUT2D eigenvalue weighted by atomic mass is 9.79. The maximum Gasteiger partial charge on any atom is 0.261 e. The van der Waals surface area contributed by atoms with E-state index in [9.17, 15) is 4.79 Å². The number of carbonyl (C=O) groups is 1. The van der Waals surface area contributed by atoms with Crippen molar-refractivity contribution in [3.63, 3.8) is 0 Å². The Kier molecular flexibility index (Phi) is 4.37. The van der Waals surface area contributed by atoms with E-state index in [1.807, 2.05) is 36.4 Å². The van der Waals surface area contributed by atoms with Crippen LogP contribution in [0.5, 0.6) is 0 Å². The minimum Gasteiger partial charge on any atom is -0.347 e. The first-order valence-corrected chi connectivity index (χ1v) is 9.72. The molecule has 5 rings (SSSR count). The highest BCUT2D eigenvalue weighted by molar-refractivity contribution is 7.17. The number of nitrogens with zero attached hydrogens (tertiary/aromatic N) is 1. The number of thiophene rings is 1. The second kappa shape index (κ2) is 6.51. The van der Waals surface area contributed by atoms with Gasteiger partial charge in [0.25, 0.3) is 5.91 Å². The molecule has 3 saturated heterocycles. The topological polar surface area (TPSA) is 32.3 Å². The fraction of sp³-hybridized carbons (Fsp3) is 0.421. The normalized spacial score (nSPS) is 28.8. The summed E-state index contributed by atoms with van der Waals surface area (Å²) in [5.74, 6) is 0.681. The minimum absolute atomic E-state index is 0.0545. The number of benzene rings is 1. The average molecular weight is 361 g/mol. The molecule has 24 heavy (non-hydrogen) atoms. The van der Waals surface area contributed by atoms with Gasteiger partial charge in [0.15, 0.2) is 0 Å². The highest BCUT2D eigenvalue weighted by atomic mass is 35.5. The number of nitrogens with one attached hydrogen (secondary N) is 1. The van der Waals surface area contributed by atoms with E-state index in [1.165, 1.54) is 37.3 Å². The van der Waals surface area contributed by atoms with E-state index in [0.717, 1.165) is 15.3 Å². The van der Waals surface area contributed by atoms with Gasteiger partial charge in [0, 0.05) is 22.0 Å². The molecular weight excluding hydrogens is 340 g/mol. The monoisotopic (exact) mass is 360 g/mol. The summed E-state index contributed by atoms with van der Waals surface area (Å²) in [4.78, 5) is 17.0. The molecule has 3 aliphatic heterocycles. The first-order chi connectivity index (χ1) is 11.6. The van der Waals surface area contributed by atoms with Crippen molar-refractivity contribution >= 4 is 28.8 Å². The van der Waals surface area contributed by atoms with E-state index in [-0.39, 0.29) is 11.9 Å². The molecule has 1 amide bonds. The van der Waals surface area contributed by atoms with Gasteiger partial charge in [-0.25, -0.2) is 0 Å². The predicted octanol–water partition coefficient (Wildman–Crippen LogP) is 4.28. The van der Waals surface area contributed by atoms with E-state index in [1.54, 1.807) is 0 Å². The van der Waals surface area contributed by atoms with Crippen LogP contribution >= 0.6 is 22.9 Å². The second-order valence-corrected chi connectivity index (χ2v) is 8.31. The SMILES string of the molecule is C[C@H]1[C@H](NC(=O)c2ccc(-c3cccc(Cl)c3)s2)C2CCN1CC2. The molecule has 0 radical (unpaired) electrons. The van der Waals surface area contributed by atoms with Crippen molar-refractivity contribution in [3.8, 4) is 10.4 Å². The van der Waals surface area contributed by atoms with Gasteiger partial charge in [0.05, 0.1) is 4.88 Å². The number of rotatable bonds is 3. The summed E-state index contributed by atoms with van der Waals surface area (Å²) >= 11 is 7.59. The standard InChI is InChI=1S/C19H21ClN2OS/c1-12-18(13-7-9-22(12)10-8-13)21-19(23)17-6-5-16(24-17)14-3-2-4-15(20)11-14/h2-6,11-13,18H,7-10H2,1H3,(H,21,23)/t12-,18-/m0/s1. The molecule has 1 N–H and O–H groups in total. The van der Waals surface area contributed by atoms with E-state index in [2.05, 4.69) is 17.1 Å². The van der Waals surface area contributed by atoms with Crippen LogP contribution in [0, 0.1) is 5.92 Å². The quantitative estimate of drug-likeness (QED) is 0.885. The third kappa shape index (κ3) is 2.99. The average Bonchev–Trinajstić information content (AvgIpc) is 3.09.